The molecule has 1 aromatic heterocycles. The fourth-order valence-corrected chi connectivity index (χ4v) is 1.73. The number of aromatic nitrogens is 1. The summed E-state index contributed by atoms with van der Waals surface area (Å²) in [6.07, 6.45) is -3.43. The Bertz CT molecular complexity index is 595. The zero-order valence-electron chi connectivity index (χ0n) is 9.58. The number of hydrogen-bond donors (Lipinski definition) is 1. The molecule has 0 radical (unpaired) electrons. The van der Waals surface area contributed by atoms with E-state index in [9.17, 15) is 17.6 Å². The molecule has 1 N–H and O–H groups in total. The predicted molar refractivity (Wildman–Crippen MR) is 60.6 cm³/mol. The molecule has 0 saturated heterocycles. The molecular weight excluding hydrogens is 262 g/mol. The number of pyridine rings is 1. The maximum atomic E-state index is 13.9. The smallest absolute Gasteiger partial charge is 0.392 e. The number of aliphatic hydroxyl groups excluding tert-OH is 1. The van der Waals surface area contributed by atoms with Gasteiger partial charge in [0.05, 0.1) is 12.2 Å². The van der Waals surface area contributed by atoms with Crippen LogP contribution in [-0.4, -0.2) is 10.1 Å². The molecule has 6 heteroatoms. The molecule has 2 rings (SSSR count). The normalized spacial score (nSPS) is 11.6. The van der Waals surface area contributed by atoms with Crippen LogP contribution in [0.25, 0.3) is 11.3 Å². The molecule has 19 heavy (non-hydrogen) atoms. The SMILES string of the molecule is OCc1ccnc(-c2ccccc2C(F)(F)F)c1F. The van der Waals surface area contributed by atoms with Gasteiger partial charge >= 0.3 is 6.18 Å². The summed E-state index contributed by atoms with van der Waals surface area (Å²) in [5.74, 6) is -0.943. The van der Waals surface area contributed by atoms with E-state index < -0.39 is 29.9 Å². The first-order valence-electron chi connectivity index (χ1n) is 5.36. The molecule has 100 valence electrons. The summed E-state index contributed by atoms with van der Waals surface area (Å²) in [6.45, 7) is -0.602. The first-order chi connectivity index (χ1) is 8.95. The third-order valence-corrected chi connectivity index (χ3v) is 2.63. The van der Waals surface area contributed by atoms with Crippen LogP contribution in [0.5, 0.6) is 0 Å². The molecule has 0 atom stereocenters. The second-order valence-corrected chi connectivity index (χ2v) is 3.83. The fourth-order valence-electron chi connectivity index (χ4n) is 1.73. The maximum Gasteiger partial charge on any atom is 0.417 e. The van der Waals surface area contributed by atoms with Crippen molar-refractivity contribution in [3.8, 4) is 11.3 Å². The first-order valence-corrected chi connectivity index (χ1v) is 5.36. The van der Waals surface area contributed by atoms with Gasteiger partial charge in [0.1, 0.15) is 5.69 Å². The quantitative estimate of drug-likeness (QED) is 0.849. The topological polar surface area (TPSA) is 33.1 Å². The number of hydrogen-bond acceptors (Lipinski definition) is 2. The number of alkyl halides is 3. The number of rotatable bonds is 2. The maximum absolute atomic E-state index is 13.9. The monoisotopic (exact) mass is 271 g/mol. The van der Waals surface area contributed by atoms with Crippen molar-refractivity contribution < 1.29 is 22.7 Å². The van der Waals surface area contributed by atoms with Gasteiger partial charge in [-0.2, -0.15) is 13.2 Å². The van der Waals surface area contributed by atoms with Crippen molar-refractivity contribution in [2.45, 2.75) is 12.8 Å². The van der Waals surface area contributed by atoms with Crippen LogP contribution in [-0.2, 0) is 12.8 Å². The average molecular weight is 271 g/mol. The molecule has 2 aromatic rings. The predicted octanol–water partition coefficient (Wildman–Crippen LogP) is 3.40. The van der Waals surface area contributed by atoms with E-state index in [-0.39, 0.29) is 11.1 Å². The fraction of sp³-hybridized carbons (Fsp3) is 0.154. The molecule has 0 amide bonds. The minimum absolute atomic E-state index is 0.0954. The summed E-state index contributed by atoms with van der Waals surface area (Å²) in [6, 6.07) is 5.82. The molecule has 0 spiro atoms. The standard InChI is InChI=1S/C13H9F4NO/c14-11-8(7-19)5-6-18-12(11)9-3-1-2-4-10(9)13(15,16)17/h1-6,19H,7H2. The number of aliphatic hydroxyl groups is 1. The van der Waals surface area contributed by atoms with Crippen molar-refractivity contribution in [3.05, 3.63) is 53.5 Å². The van der Waals surface area contributed by atoms with E-state index in [4.69, 9.17) is 5.11 Å². The van der Waals surface area contributed by atoms with Gasteiger partial charge in [0.25, 0.3) is 0 Å². The van der Waals surface area contributed by atoms with E-state index >= 15 is 0 Å². The van der Waals surface area contributed by atoms with Crippen LogP contribution in [0.1, 0.15) is 11.1 Å². The lowest BCUT2D eigenvalue weighted by atomic mass is 10.0. The molecule has 1 heterocycles. The highest BCUT2D eigenvalue weighted by Gasteiger charge is 2.34. The van der Waals surface area contributed by atoms with Gasteiger partial charge in [-0.05, 0) is 12.1 Å². The van der Waals surface area contributed by atoms with Gasteiger partial charge in [0.2, 0.25) is 0 Å². The van der Waals surface area contributed by atoms with Crippen LogP contribution < -0.4 is 0 Å². The summed E-state index contributed by atoms with van der Waals surface area (Å²) in [5, 5.41) is 8.93. The number of nitrogens with zero attached hydrogens (tertiary/aromatic N) is 1. The highest BCUT2D eigenvalue weighted by molar-refractivity contribution is 5.65. The van der Waals surface area contributed by atoms with Gasteiger partial charge in [-0.25, -0.2) is 4.39 Å². The highest BCUT2D eigenvalue weighted by Crippen LogP contribution is 2.37. The van der Waals surface area contributed by atoms with Crippen molar-refractivity contribution in [2.24, 2.45) is 0 Å². The lowest BCUT2D eigenvalue weighted by Gasteiger charge is -2.13. The molecule has 1 aromatic carbocycles. The zero-order chi connectivity index (χ0) is 14.0. The Hall–Kier alpha value is -1.95. The molecular formula is C13H9F4NO. The zero-order valence-corrected chi connectivity index (χ0v) is 9.58. The lowest BCUT2D eigenvalue weighted by Crippen LogP contribution is -2.08. The minimum Gasteiger partial charge on any atom is -0.392 e. The highest BCUT2D eigenvalue weighted by atomic mass is 19.4. The Balaban J connectivity index is 2.67. The largest absolute Gasteiger partial charge is 0.417 e. The Morgan fingerprint density at radius 1 is 1.11 bits per heavy atom. The van der Waals surface area contributed by atoms with Crippen LogP contribution >= 0.6 is 0 Å². The lowest BCUT2D eigenvalue weighted by molar-refractivity contribution is -0.137. The second-order valence-electron chi connectivity index (χ2n) is 3.83. The van der Waals surface area contributed by atoms with E-state index in [1.54, 1.807) is 0 Å². The summed E-state index contributed by atoms with van der Waals surface area (Å²) < 4.78 is 52.5. The van der Waals surface area contributed by atoms with E-state index in [0.717, 1.165) is 18.3 Å². The average Bonchev–Trinajstić information content (AvgIpc) is 2.38. The Morgan fingerprint density at radius 3 is 2.42 bits per heavy atom. The van der Waals surface area contributed by atoms with Gasteiger partial charge in [-0.3, -0.25) is 4.98 Å². The van der Waals surface area contributed by atoms with Crippen molar-refractivity contribution in [3.63, 3.8) is 0 Å². The third-order valence-electron chi connectivity index (χ3n) is 2.63. The van der Waals surface area contributed by atoms with Crippen LogP contribution in [0.3, 0.4) is 0 Å². The molecule has 0 fully saturated rings. The Kier molecular flexibility index (Phi) is 3.53. The molecule has 0 aliphatic heterocycles. The van der Waals surface area contributed by atoms with Crippen LogP contribution in [0, 0.1) is 5.82 Å². The van der Waals surface area contributed by atoms with Crippen LogP contribution in [0.4, 0.5) is 17.6 Å². The van der Waals surface area contributed by atoms with Gasteiger partial charge < -0.3 is 5.11 Å². The van der Waals surface area contributed by atoms with Crippen LogP contribution in [0.2, 0.25) is 0 Å². The van der Waals surface area contributed by atoms with Gasteiger partial charge in [-0.1, -0.05) is 18.2 Å². The van der Waals surface area contributed by atoms with Gasteiger partial charge in [0.15, 0.2) is 5.82 Å². The van der Waals surface area contributed by atoms with Crippen molar-refractivity contribution in [1.29, 1.82) is 0 Å². The molecule has 0 aliphatic rings. The number of benzene rings is 1. The first kappa shape index (κ1) is 13.5. The Labute approximate surface area is 106 Å². The molecule has 0 bridgehead atoms. The van der Waals surface area contributed by atoms with E-state index in [0.29, 0.717) is 0 Å². The Morgan fingerprint density at radius 2 is 1.79 bits per heavy atom. The minimum atomic E-state index is -4.60. The van der Waals surface area contributed by atoms with E-state index in [1.165, 1.54) is 18.2 Å². The summed E-state index contributed by atoms with van der Waals surface area (Å²) in [7, 11) is 0. The van der Waals surface area contributed by atoms with Gasteiger partial charge in [-0.15, -0.1) is 0 Å². The summed E-state index contributed by atoms with van der Waals surface area (Å²) >= 11 is 0. The van der Waals surface area contributed by atoms with E-state index in [1.807, 2.05) is 0 Å². The number of halogens is 4. The van der Waals surface area contributed by atoms with Crippen LogP contribution in [0.15, 0.2) is 36.5 Å². The molecule has 0 saturated carbocycles. The summed E-state index contributed by atoms with van der Waals surface area (Å²) in [5.41, 5.74) is -1.82. The molecule has 0 unspecified atom stereocenters. The van der Waals surface area contributed by atoms with E-state index in [2.05, 4.69) is 4.98 Å². The molecule has 0 aliphatic carbocycles. The van der Waals surface area contributed by atoms with Crippen molar-refractivity contribution in [2.75, 3.05) is 0 Å². The van der Waals surface area contributed by atoms with Crippen molar-refractivity contribution >= 4 is 0 Å². The third kappa shape index (κ3) is 2.58. The summed E-state index contributed by atoms with van der Waals surface area (Å²) in [4.78, 5) is 3.65. The van der Waals surface area contributed by atoms with Gasteiger partial charge in [0, 0.05) is 17.3 Å². The second kappa shape index (κ2) is 4.97. The van der Waals surface area contributed by atoms with Crippen molar-refractivity contribution in [1.82, 2.24) is 4.98 Å². The molecule has 2 nitrogen and oxygen atoms in total.